The number of anilines is 2. The number of carbonyl (C=O) groups excluding carboxylic acids is 3. The van der Waals surface area contributed by atoms with Crippen molar-refractivity contribution in [1.82, 2.24) is 14.9 Å². The van der Waals surface area contributed by atoms with E-state index in [9.17, 15) is 24.3 Å². The van der Waals surface area contributed by atoms with E-state index < -0.39 is 64.7 Å². The van der Waals surface area contributed by atoms with Gasteiger partial charge in [0.2, 0.25) is 5.95 Å². The van der Waals surface area contributed by atoms with Crippen LogP contribution in [0.2, 0.25) is 0 Å². The lowest BCUT2D eigenvalue weighted by Gasteiger charge is -2.40. The minimum absolute atomic E-state index is 0.0116. The quantitative estimate of drug-likeness (QED) is 0.128. The molecule has 0 saturated carbocycles. The zero-order valence-electron chi connectivity index (χ0n) is 27.1. The van der Waals surface area contributed by atoms with E-state index in [1.54, 1.807) is 81.3 Å². The van der Waals surface area contributed by atoms with E-state index in [-0.39, 0.29) is 24.0 Å². The van der Waals surface area contributed by atoms with Crippen LogP contribution >= 0.6 is 0 Å². The van der Waals surface area contributed by atoms with E-state index in [1.165, 1.54) is 13.3 Å². The lowest BCUT2D eigenvalue weighted by Crippen LogP contribution is -2.59. The summed E-state index contributed by atoms with van der Waals surface area (Å²) in [6, 6.07) is -1.16. The molecule has 0 aliphatic carbocycles. The number of nitrogens with zero attached hydrogens (tertiary/aromatic N) is 4. The molecule has 0 saturated heterocycles. The van der Waals surface area contributed by atoms with Gasteiger partial charge in [0.1, 0.15) is 23.4 Å². The number of aliphatic hydroxyl groups is 1. The third kappa shape index (κ3) is 10.5. The van der Waals surface area contributed by atoms with Crippen LogP contribution in [0.25, 0.3) is 0 Å². The van der Waals surface area contributed by atoms with Crippen LogP contribution < -0.4 is 15.8 Å². The first-order valence-electron chi connectivity index (χ1n) is 13.9. The number of aliphatic imine (C=N–C) groups is 1. The molecule has 4 atom stereocenters. The molecule has 0 spiro atoms. The first-order valence-corrected chi connectivity index (χ1v) is 13.9. The Morgan fingerprint density at radius 1 is 1.02 bits per heavy atom. The molecule has 0 bridgehead atoms. The minimum Gasteiger partial charge on any atom is -0.458 e. The second kappa shape index (κ2) is 13.3. The number of rotatable bonds is 8. The normalized spacial score (nSPS) is 17.8. The lowest BCUT2D eigenvalue weighted by molar-refractivity contribution is -0.194. The van der Waals surface area contributed by atoms with E-state index in [0.717, 1.165) is 4.90 Å². The van der Waals surface area contributed by atoms with E-state index in [1.807, 2.05) is 0 Å². The Balaban J connectivity index is 2.44. The van der Waals surface area contributed by atoms with Crippen molar-refractivity contribution in [1.29, 1.82) is 0 Å². The molecule has 2 heterocycles. The summed E-state index contributed by atoms with van der Waals surface area (Å²) in [4.78, 5) is 66.2. The second-order valence-electron chi connectivity index (χ2n) is 13.4. The molecule has 15 nitrogen and oxygen atoms in total. The summed E-state index contributed by atoms with van der Waals surface area (Å²) < 4.78 is 22.0. The zero-order valence-corrected chi connectivity index (χ0v) is 27.1. The molecule has 1 aliphatic heterocycles. The third-order valence-corrected chi connectivity index (χ3v) is 5.42. The van der Waals surface area contributed by atoms with Gasteiger partial charge >= 0.3 is 18.0 Å². The van der Waals surface area contributed by atoms with Crippen LogP contribution in [-0.2, 0) is 28.5 Å². The van der Waals surface area contributed by atoms with Gasteiger partial charge in [0, 0.05) is 20.6 Å². The average Bonchev–Trinajstić information content (AvgIpc) is 2.82. The number of esters is 2. The van der Waals surface area contributed by atoms with Gasteiger partial charge in [-0.1, -0.05) is 0 Å². The lowest BCUT2D eigenvalue weighted by atomic mass is 10.0. The molecule has 242 valence electrons. The van der Waals surface area contributed by atoms with Gasteiger partial charge in [0.15, 0.2) is 11.5 Å². The van der Waals surface area contributed by atoms with Crippen molar-refractivity contribution in [3.63, 3.8) is 0 Å². The fourth-order valence-electron chi connectivity index (χ4n) is 3.83. The van der Waals surface area contributed by atoms with E-state index in [0.29, 0.717) is 0 Å². The largest absolute Gasteiger partial charge is 0.458 e. The number of aliphatic hydroxyl groups excluding tert-OH is 1. The number of hydrogen-bond donors (Lipinski definition) is 3. The van der Waals surface area contributed by atoms with E-state index in [2.05, 4.69) is 20.3 Å². The highest BCUT2D eigenvalue weighted by Gasteiger charge is 2.44. The van der Waals surface area contributed by atoms with Crippen molar-refractivity contribution in [2.75, 3.05) is 30.9 Å². The molecule has 2 rings (SSSR count). The van der Waals surface area contributed by atoms with Crippen LogP contribution in [0.3, 0.4) is 0 Å². The van der Waals surface area contributed by atoms with E-state index in [4.69, 9.17) is 18.9 Å². The Hall–Kier alpha value is -3.72. The predicted molar refractivity (Wildman–Crippen MR) is 160 cm³/mol. The molecular weight excluding hydrogens is 564 g/mol. The van der Waals surface area contributed by atoms with Gasteiger partial charge in [-0.05, 0) is 69.2 Å². The zero-order chi connectivity index (χ0) is 33.1. The second-order valence-corrected chi connectivity index (χ2v) is 13.4. The summed E-state index contributed by atoms with van der Waals surface area (Å²) in [7, 11) is 3.49. The molecule has 1 unspecified atom stereocenters. The Bertz CT molecular complexity index is 1260. The molecule has 43 heavy (non-hydrogen) atoms. The molecular formula is C28H46N6O9. The molecule has 0 aromatic carbocycles. The van der Waals surface area contributed by atoms with Crippen LogP contribution in [0.4, 0.5) is 22.2 Å². The monoisotopic (exact) mass is 610 g/mol. The highest BCUT2D eigenvalue weighted by atomic mass is 16.6. The first-order chi connectivity index (χ1) is 19.5. The van der Waals surface area contributed by atoms with Gasteiger partial charge in [-0.15, -0.1) is 0 Å². The Kier molecular flexibility index (Phi) is 11.0. The molecule has 0 radical (unpaired) electrons. The number of hydrogen-bond acceptors (Lipinski definition) is 12. The summed E-state index contributed by atoms with van der Waals surface area (Å²) in [5.74, 6) is -2.02. The first kappa shape index (κ1) is 35.5. The van der Waals surface area contributed by atoms with Gasteiger partial charge in [-0.25, -0.2) is 19.4 Å². The van der Waals surface area contributed by atoms with Crippen molar-refractivity contribution in [2.24, 2.45) is 4.99 Å². The number of carbonyl (C=O) groups is 3. The number of nitrogens with one attached hydrogen (secondary N) is 2. The number of fused-ring (bicyclic) bond motifs is 1. The molecule has 3 N–H and O–H groups in total. The fourth-order valence-corrected chi connectivity index (χ4v) is 3.83. The van der Waals surface area contributed by atoms with Crippen molar-refractivity contribution in [3.8, 4) is 0 Å². The highest BCUT2D eigenvalue weighted by Crippen LogP contribution is 2.31. The third-order valence-electron chi connectivity index (χ3n) is 5.42. The van der Waals surface area contributed by atoms with Gasteiger partial charge < -0.3 is 34.3 Å². The van der Waals surface area contributed by atoms with Gasteiger partial charge in [0.25, 0.3) is 11.7 Å². The Morgan fingerprint density at radius 2 is 1.60 bits per heavy atom. The summed E-state index contributed by atoms with van der Waals surface area (Å²) in [6.07, 6.45) is -4.07. The predicted octanol–water partition coefficient (Wildman–Crippen LogP) is 2.34. The van der Waals surface area contributed by atoms with Crippen LogP contribution in [-0.4, -0.2) is 106 Å². The van der Waals surface area contributed by atoms with Crippen molar-refractivity contribution in [2.45, 2.75) is 110 Å². The van der Waals surface area contributed by atoms with Gasteiger partial charge in [-0.3, -0.25) is 14.7 Å². The maximum Gasteiger partial charge on any atom is 0.415 e. The average molecular weight is 611 g/mol. The smallest absolute Gasteiger partial charge is 0.415 e. The number of ether oxygens (including phenoxy) is 4. The summed E-state index contributed by atoms with van der Waals surface area (Å²) in [5, 5.41) is 14.3. The number of H-pyrrole nitrogens is 1. The Morgan fingerprint density at radius 3 is 2.12 bits per heavy atom. The highest BCUT2D eigenvalue weighted by molar-refractivity contribution is 5.98. The molecule has 1 aromatic heterocycles. The maximum absolute atomic E-state index is 13.4. The van der Waals surface area contributed by atoms with Crippen LogP contribution in [0, 0.1) is 0 Å². The number of aromatic nitrogens is 2. The molecule has 1 aliphatic rings. The number of amides is 1. The summed E-state index contributed by atoms with van der Waals surface area (Å²) in [6.45, 7) is 16.1. The van der Waals surface area contributed by atoms with Crippen molar-refractivity contribution < 1.29 is 38.4 Å². The van der Waals surface area contributed by atoms with Crippen LogP contribution in [0.15, 0.2) is 9.79 Å². The SMILES string of the molecule is C[C@H](OC(=O)C(OC(C)(C)C)C(=O)OC(C)(C)C)[C@H](O)[C@H]1CNc2nc(N=CN(C)C)[nH]c(=O)c2N1C(=O)OC(C)(C)C. The van der Waals surface area contributed by atoms with Gasteiger partial charge in [-0.2, -0.15) is 4.98 Å². The molecule has 0 fully saturated rings. The minimum atomic E-state index is -1.74. The van der Waals surface area contributed by atoms with Crippen LogP contribution in [0.1, 0.15) is 69.2 Å². The fraction of sp³-hybridized carbons (Fsp3) is 0.714. The number of aromatic amines is 1. The van der Waals surface area contributed by atoms with Crippen LogP contribution in [0.5, 0.6) is 0 Å². The maximum atomic E-state index is 13.4. The molecule has 1 aromatic rings. The topological polar surface area (TPSA) is 185 Å². The Labute approximate surface area is 251 Å². The molecule has 15 heteroatoms. The standard InChI is InChI=1S/C28H46N6O9/c1-15(40-22(37)19(41-26(2,3)4)23(38)42-27(5,6)7)18(35)16-13-29-20-17(34(16)25(39)43-28(8,9)10)21(36)32-24(31-20)30-14-33(11)12/h14-16,18-19,35H,13H2,1-12H3,(H2,29,31,32,36)/t15-,16+,18-,19?/m0/s1. The summed E-state index contributed by atoms with van der Waals surface area (Å²) in [5.41, 5.74) is -3.71. The summed E-state index contributed by atoms with van der Waals surface area (Å²) >= 11 is 0. The van der Waals surface area contributed by atoms with Crippen molar-refractivity contribution >= 4 is 41.8 Å². The van der Waals surface area contributed by atoms with Gasteiger partial charge in [0.05, 0.1) is 18.0 Å². The van der Waals surface area contributed by atoms with E-state index >= 15 is 0 Å². The van der Waals surface area contributed by atoms with Crippen molar-refractivity contribution in [3.05, 3.63) is 10.4 Å². The molecule has 1 amide bonds.